The summed E-state index contributed by atoms with van der Waals surface area (Å²) in [6.07, 6.45) is 3.71. The van der Waals surface area contributed by atoms with Crippen LogP contribution in [0.15, 0.2) is 30.3 Å². The Labute approximate surface area is 212 Å². The molecule has 5 atom stereocenters. The van der Waals surface area contributed by atoms with Gasteiger partial charge in [-0.15, -0.1) is 0 Å². The Kier molecular flexibility index (Phi) is 10.3. The number of amides is 3. The molecule has 1 aliphatic heterocycles. The normalized spacial score (nSPS) is 23.1. The second kappa shape index (κ2) is 13.4. The second-order valence-electron chi connectivity index (χ2n) is 10.3. The van der Waals surface area contributed by atoms with Crippen LogP contribution in [0.5, 0.6) is 0 Å². The van der Waals surface area contributed by atoms with Gasteiger partial charge in [-0.1, -0.05) is 44.2 Å². The molecule has 0 bridgehead atoms. The molecule has 1 aromatic carbocycles. The highest BCUT2D eigenvalue weighted by Crippen LogP contribution is 2.31. The molecule has 4 N–H and O–H groups in total. The number of carbonyl (C=O) groups is 4. The van der Waals surface area contributed by atoms with Crippen molar-refractivity contribution in [3.63, 3.8) is 0 Å². The fourth-order valence-corrected chi connectivity index (χ4v) is 5.13. The van der Waals surface area contributed by atoms with E-state index < -0.39 is 42.4 Å². The number of hydrogen-bond acceptors (Lipinski definition) is 6. The van der Waals surface area contributed by atoms with Gasteiger partial charge in [0.2, 0.25) is 11.8 Å². The summed E-state index contributed by atoms with van der Waals surface area (Å²) in [7, 11) is 0. The van der Waals surface area contributed by atoms with Crippen molar-refractivity contribution < 1.29 is 29.0 Å². The molecule has 36 heavy (non-hydrogen) atoms. The monoisotopic (exact) mass is 501 g/mol. The van der Waals surface area contributed by atoms with Crippen molar-refractivity contribution in [1.29, 1.82) is 0 Å². The third-order valence-corrected chi connectivity index (χ3v) is 7.05. The molecule has 0 spiro atoms. The van der Waals surface area contributed by atoms with Gasteiger partial charge in [-0.25, -0.2) is 4.79 Å². The van der Waals surface area contributed by atoms with Crippen LogP contribution in [-0.2, 0) is 25.5 Å². The zero-order valence-corrected chi connectivity index (χ0v) is 21.2. The van der Waals surface area contributed by atoms with Crippen molar-refractivity contribution >= 4 is 23.7 Å². The summed E-state index contributed by atoms with van der Waals surface area (Å²) in [5.74, 6) is -1.36. The average Bonchev–Trinajstić information content (AvgIpc) is 3.46. The summed E-state index contributed by atoms with van der Waals surface area (Å²) in [4.78, 5) is 50.2. The van der Waals surface area contributed by atoms with Gasteiger partial charge >= 0.3 is 6.09 Å². The van der Waals surface area contributed by atoms with Crippen molar-refractivity contribution in [3.8, 4) is 0 Å². The van der Waals surface area contributed by atoms with E-state index in [1.165, 1.54) is 5.56 Å². The summed E-state index contributed by atoms with van der Waals surface area (Å²) in [6, 6.07) is 8.19. The quantitative estimate of drug-likeness (QED) is 0.347. The predicted molar refractivity (Wildman–Crippen MR) is 134 cm³/mol. The lowest BCUT2D eigenvalue weighted by molar-refractivity contribution is -0.131. The lowest BCUT2D eigenvalue weighted by atomic mass is 9.95. The molecule has 1 aliphatic carbocycles. The van der Waals surface area contributed by atoms with E-state index in [1.807, 2.05) is 32.0 Å². The number of nitrogens with one attached hydrogen (secondary N) is 3. The Morgan fingerprint density at radius 2 is 1.83 bits per heavy atom. The molecule has 9 heteroatoms. The lowest BCUT2D eigenvalue weighted by Crippen LogP contribution is -2.53. The largest absolute Gasteiger partial charge is 0.446 e. The summed E-state index contributed by atoms with van der Waals surface area (Å²) in [5, 5.41) is 17.5. The fraction of sp³-hybridized carbons (Fsp3) is 0.630. The van der Waals surface area contributed by atoms with Crippen molar-refractivity contribution in [2.75, 3.05) is 13.2 Å². The summed E-state index contributed by atoms with van der Waals surface area (Å²) in [5.41, 5.74) is 1.20. The molecule has 2 aliphatic rings. The van der Waals surface area contributed by atoms with Crippen molar-refractivity contribution in [3.05, 3.63) is 35.9 Å². The molecule has 0 radical (unpaired) electrons. The van der Waals surface area contributed by atoms with Gasteiger partial charge in [0.25, 0.3) is 0 Å². The highest BCUT2D eigenvalue weighted by atomic mass is 16.6. The molecule has 3 rings (SSSR count). The first kappa shape index (κ1) is 27.6. The molecule has 3 amide bonds. The number of aliphatic hydroxyl groups is 1. The van der Waals surface area contributed by atoms with Gasteiger partial charge in [-0.2, -0.15) is 0 Å². The zero-order valence-electron chi connectivity index (χ0n) is 21.2. The van der Waals surface area contributed by atoms with Gasteiger partial charge in [0.1, 0.15) is 18.8 Å². The van der Waals surface area contributed by atoms with Crippen LogP contribution in [0.25, 0.3) is 0 Å². The Hall–Kier alpha value is -2.94. The average molecular weight is 502 g/mol. The van der Waals surface area contributed by atoms with Gasteiger partial charge < -0.3 is 25.8 Å². The highest BCUT2D eigenvalue weighted by Gasteiger charge is 2.34. The first-order valence-corrected chi connectivity index (χ1v) is 13.0. The van der Waals surface area contributed by atoms with Crippen molar-refractivity contribution in [2.24, 2.45) is 17.8 Å². The van der Waals surface area contributed by atoms with Gasteiger partial charge in [0.15, 0.2) is 5.78 Å². The molecule has 1 saturated heterocycles. The number of ketones is 1. The minimum Gasteiger partial charge on any atom is -0.446 e. The fourth-order valence-electron chi connectivity index (χ4n) is 5.13. The molecule has 0 aromatic heterocycles. The minimum absolute atomic E-state index is 0.0889. The molecule has 4 unspecified atom stereocenters. The number of ether oxygens (including phenoxy) is 1. The topological polar surface area (TPSA) is 134 Å². The maximum absolute atomic E-state index is 13.1. The van der Waals surface area contributed by atoms with E-state index in [4.69, 9.17) is 4.74 Å². The van der Waals surface area contributed by atoms with E-state index in [0.29, 0.717) is 19.4 Å². The third-order valence-electron chi connectivity index (χ3n) is 7.05. The van der Waals surface area contributed by atoms with Crippen LogP contribution in [0, 0.1) is 17.8 Å². The van der Waals surface area contributed by atoms with Crippen LogP contribution in [0.2, 0.25) is 0 Å². The highest BCUT2D eigenvalue weighted by molar-refractivity contribution is 5.93. The molecule has 9 nitrogen and oxygen atoms in total. The Morgan fingerprint density at radius 1 is 1.08 bits per heavy atom. The van der Waals surface area contributed by atoms with Crippen LogP contribution >= 0.6 is 0 Å². The van der Waals surface area contributed by atoms with Crippen LogP contribution in [0.4, 0.5) is 4.79 Å². The summed E-state index contributed by atoms with van der Waals surface area (Å²) < 4.78 is 5.76. The number of rotatable bonds is 12. The molecule has 198 valence electrons. The van der Waals surface area contributed by atoms with E-state index in [2.05, 4.69) is 28.1 Å². The molecule has 1 aromatic rings. The number of benzene rings is 1. The SMILES string of the molecule is CC(C)CC(NC(=O)OC1CCCC1Cc1ccccc1)C(=O)NC(C[C@@H]1CCNC1=O)C(=O)CO. The van der Waals surface area contributed by atoms with Crippen LogP contribution in [-0.4, -0.2) is 60.1 Å². The van der Waals surface area contributed by atoms with Crippen molar-refractivity contribution in [2.45, 2.75) is 77.0 Å². The van der Waals surface area contributed by atoms with Crippen LogP contribution < -0.4 is 16.0 Å². The molecular formula is C27H39N3O6. The van der Waals surface area contributed by atoms with E-state index in [0.717, 1.165) is 25.7 Å². The molecule has 1 heterocycles. The third kappa shape index (κ3) is 8.05. The smallest absolute Gasteiger partial charge is 0.408 e. The van der Waals surface area contributed by atoms with Gasteiger partial charge in [0, 0.05) is 18.4 Å². The van der Waals surface area contributed by atoms with Gasteiger partial charge in [-0.05, 0) is 56.4 Å². The summed E-state index contributed by atoms with van der Waals surface area (Å²) >= 11 is 0. The van der Waals surface area contributed by atoms with E-state index >= 15 is 0 Å². The van der Waals surface area contributed by atoms with E-state index in [1.54, 1.807) is 0 Å². The van der Waals surface area contributed by atoms with Gasteiger partial charge in [0.05, 0.1) is 6.04 Å². The predicted octanol–water partition coefficient (Wildman–Crippen LogP) is 2.11. The zero-order chi connectivity index (χ0) is 26.1. The van der Waals surface area contributed by atoms with E-state index in [9.17, 15) is 24.3 Å². The standard InChI is InChI=1S/C27H39N3O6/c1-17(2)13-22(26(34)29-21(23(32)16-31)15-20-11-12-28-25(20)33)30-27(35)36-24-10-6-9-19(24)14-18-7-4-3-5-8-18/h3-5,7-8,17,19-22,24,31H,6,9-16H2,1-2H3,(H,28,33)(H,29,34)(H,30,35)/t19?,20-,21?,22?,24?/m0/s1. The maximum Gasteiger partial charge on any atom is 0.408 e. The summed E-state index contributed by atoms with van der Waals surface area (Å²) in [6.45, 7) is 3.64. The number of Topliss-reactive ketones (excluding diaryl/α,β-unsaturated/α-hetero) is 1. The maximum atomic E-state index is 13.1. The first-order chi connectivity index (χ1) is 17.3. The Morgan fingerprint density at radius 3 is 2.47 bits per heavy atom. The number of carbonyl (C=O) groups excluding carboxylic acids is 4. The number of alkyl carbamates (subject to hydrolysis) is 1. The second-order valence-corrected chi connectivity index (χ2v) is 10.3. The van der Waals surface area contributed by atoms with Crippen molar-refractivity contribution in [1.82, 2.24) is 16.0 Å². The van der Waals surface area contributed by atoms with Crippen LogP contribution in [0.3, 0.4) is 0 Å². The minimum atomic E-state index is -1.01. The first-order valence-electron chi connectivity index (χ1n) is 13.0. The Balaban J connectivity index is 1.60. The van der Waals surface area contributed by atoms with Crippen LogP contribution in [0.1, 0.15) is 57.9 Å². The molecule has 2 fully saturated rings. The van der Waals surface area contributed by atoms with Gasteiger partial charge in [-0.3, -0.25) is 14.4 Å². The molecule has 1 saturated carbocycles. The molecular weight excluding hydrogens is 462 g/mol. The number of hydrogen-bond donors (Lipinski definition) is 4. The number of aliphatic hydroxyl groups excluding tert-OH is 1. The lowest BCUT2D eigenvalue weighted by Gasteiger charge is -2.26. The Bertz CT molecular complexity index is 906. The van der Waals surface area contributed by atoms with E-state index in [-0.39, 0.29) is 30.3 Å².